The zero-order chi connectivity index (χ0) is 11.2. The molecule has 0 amide bonds. The highest BCUT2D eigenvalue weighted by molar-refractivity contribution is 5.85. The van der Waals surface area contributed by atoms with Crippen LogP contribution in [0.4, 0.5) is 0 Å². The van der Waals surface area contributed by atoms with E-state index in [0.717, 1.165) is 13.1 Å². The van der Waals surface area contributed by atoms with E-state index in [2.05, 4.69) is 16.8 Å². The summed E-state index contributed by atoms with van der Waals surface area (Å²) in [7, 11) is 0. The molecule has 0 atom stereocenters. The predicted molar refractivity (Wildman–Crippen MR) is 72.5 cm³/mol. The summed E-state index contributed by atoms with van der Waals surface area (Å²) >= 11 is 0. The molecule has 0 aliphatic carbocycles. The molecule has 1 aromatic rings. The molecule has 0 saturated carbocycles. The molecular formula is C13H21ClN2O. The van der Waals surface area contributed by atoms with Crippen LogP contribution >= 0.6 is 12.4 Å². The lowest BCUT2D eigenvalue weighted by atomic mass is 10.0. The Hall–Kier alpha value is -0.770. The molecule has 3 nitrogen and oxygen atoms in total. The van der Waals surface area contributed by atoms with E-state index in [0.29, 0.717) is 6.04 Å². The Morgan fingerprint density at radius 3 is 2.82 bits per heavy atom. The van der Waals surface area contributed by atoms with Gasteiger partial charge in [0.15, 0.2) is 0 Å². The molecular weight excluding hydrogens is 236 g/mol. The zero-order valence-electron chi connectivity index (χ0n) is 10.1. The lowest BCUT2D eigenvalue weighted by Gasteiger charge is -2.31. The predicted octanol–water partition coefficient (Wildman–Crippen LogP) is 2.44. The molecule has 17 heavy (non-hydrogen) atoms. The summed E-state index contributed by atoms with van der Waals surface area (Å²) in [5, 5.41) is 3.57. The smallest absolute Gasteiger partial charge is 0.0947 e. The Morgan fingerprint density at radius 2 is 2.24 bits per heavy atom. The van der Waals surface area contributed by atoms with Crippen molar-refractivity contribution in [3.05, 3.63) is 36.8 Å². The molecule has 1 aliphatic rings. The van der Waals surface area contributed by atoms with Crippen molar-refractivity contribution in [1.82, 2.24) is 10.2 Å². The maximum atomic E-state index is 5.04. The van der Waals surface area contributed by atoms with Gasteiger partial charge in [0.05, 0.1) is 12.5 Å². The fourth-order valence-electron chi connectivity index (χ4n) is 2.16. The first-order valence-electron chi connectivity index (χ1n) is 5.96. The van der Waals surface area contributed by atoms with Crippen molar-refractivity contribution in [3.63, 3.8) is 0 Å². The molecule has 1 aliphatic heterocycles. The Bertz CT molecular complexity index is 305. The number of nitrogens with zero attached hydrogens (tertiary/aromatic N) is 1. The van der Waals surface area contributed by atoms with Crippen LogP contribution in [0.25, 0.3) is 0 Å². The third kappa shape index (κ3) is 4.54. The van der Waals surface area contributed by atoms with Gasteiger partial charge in [0.2, 0.25) is 0 Å². The molecule has 96 valence electrons. The Labute approximate surface area is 109 Å². The summed E-state index contributed by atoms with van der Waals surface area (Å²) in [4.78, 5) is 2.45. The summed E-state index contributed by atoms with van der Waals surface area (Å²) in [5.74, 6) is 0. The zero-order valence-corrected chi connectivity index (χ0v) is 10.9. The van der Waals surface area contributed by atoms with Crippen molar-refractivity contribution in [2.24, 2.45) is 0 Å². The van der Waals surface area contributed by atoms with Crippen LogP contribution in [-0.4, -0.2) is 30.6 Å². The minimum atomic E-state index is 0. The van der Waals surface area contributed by atoms with Crippen molar-refractivity contribution in [1.29, 1.82) is 0 Å². The number of piperidine rings is 1. The molecule has 0 spiro atoms. The van der Waals surface area contributed by atoms with Gasteiger partial charge >= 0.3 is 0 Å². The lowest BCUT2D eigenvalue weighted by Crippen LogP contribution is -2.42. The van der Waals surface area contributed by atoms with E-state index in [1.807, 2.05) is 12.1 Å². The monoisotopic (exact) mass is 256 g/mol. The second-order valence-electron chi connectivity index (χ2n) is 4.38. The number of furan rings is 1. The Kier molecular flexibility index (Phi) is 6.34. The SMILES string of the molecule is C=CCN1CCC(NCc2ccoc2)CC1.Cl. The van der Waals surface area contributed by atoms with Crippen LogP contribution in [0, 0.1) is 0 Å². The van der Waals surface area contributed by atoms with Gasteiger partial charge in [-0.2, -0.15) is 0 Å². The van der Waals surface area contributed by atoms with E-state index >= 15 is 0 Å². The van der Waals surface area contributed by atoms with Gasteiger partial charge in [-0.25, -0.2) is 0 Å². The first-order valence-corrected chi connectivity index (χ1v) is 5.96. The molecule has 2 heterocycles. The highest BCUT2D eigenvalue weighted by Gasteiger charge is 2.17. The summed E-state index contributed by atoms with van der Waals surface area (Å²) in [6.45, 7) is 8.07. The number of nitrogens with one attached hydrogen (secondary N) is 1. The standard InChI is InChI=1S/C13H20N2O.ClH/c1-2-6-15-7-3-13(4-8-15)14-10-12-5-9-16-11-12;/h2,5,9,11,13-14H,1,3-4,6-8,10H2;1H. The van der Waals surface area contributed by atoms with Crippen LogP contribution in [0.5, 0.6) is 0 Å². The topological polar surface area (TPSA) is 28.4 Å². The molecule has 1 aromatic heterocycles. The van der Waals surface area contributed by atoms with Crippen LogP contribution in [0.15, 0.2) is 35.7 Å². The van der Waals surface area contributed by atoms with Gasteiger partial charge in [0.25, 0.3) is 0 Å². The molecule has 0 radical (unpaired) electrons. The van der Waals surface area contributed by atoms with E-state index < -0.39 is 0 Å². The number of hydrogen-bond donors (Lipinski definition) is 1. The maximum absolute atomic E-state index is 5.04. The maximum Gasteiger partial charge on any atom is 0.0947 e. The third-order valence-corrected chi connectivity index (χ3v) is 3.15. The van der Waals surface area contributed by atoms with Gasteiger partial charge in [-0.15, -0.1) is 19.0 Å². The van der Waals surface area contributed by atoms with Gasteiger partial charge in [-0.05, 0) is 32.0 Å². The van der Waals surface area contributed by atoms with E-state index in [9.17, 15) is 0 Å². The van der Waals surface area contributed by atoms with Crippen LogP contribution < -0.4 is 5.32 Å². The van der Waals surface area contributed by atoms with Gasteiger partial charge in [0, 0.05) is 24.7 Å². The minimum Gasteiger partial charge on any atom is -0.472 e. The van der Waals surface area contributed by atoms with E-state index in [-0.39, 0.29) is 12.4 Å². The van der Waals surface area contributed by atoms with Gasteiger partial charge in [-0.3, -0.25) is 4.90 Å². The fraction of sp³-hybridized carbons (Fsp3) is 0.538. The molecule has 1 fully saturated rings. The molecule has 1 saturated heterocycles. The van der Waals surface area contributed by atoms with E-state index in [4.69, 9.17) is 4.42 Å². The molecule has 2 rings (SSSR count). The van der Waals surface area contributed by atoms with Gasteiger partial charge < -0.3 is 9.73 Å². The molecule has 1 N–H and O–H groups in total. The molecule has 4 heteroatoms. The first-order chi connectivity index (χ1) is 7.88. The second-order valence-corrected chi connectivity index (χ2v) is 4.38. The minimum absolute atomic E-state index is 0. The lowest BCUT2D eigenvalue weighted by molar-refractivity contribution is 0.214. The van der Waals surface area contributed by atoms with Crippen LogP contribution in [0.2, 0.25) is 0 Å². The van der Waals surface area contributed by atoms with Crippen molar-refractivity contribution >= 4 is 12.4 Å². The average Bonchev–Trinajstić information content (AvgIpc) is 2.82. The highest BCUT2D eigenvalue weighted by atomic mass is 35.5. The number of halogens is 1. The van der Waals surface area contributed by atoms with Gasteiger partial charge in [0.1, 0.15) is 0 Å². The molecule has 0 aromatic carbocycles. The molecule has 0 bridgehead atoms. The summed E-state index contributed by atoms with van der Waals surface area (Å²) in [6.07, 6.45) is 7.97. The van der Waals surface area contributed by atoms with Crippen LogP contribution in [0.1, 0.15) is 18.4 Å². The second kappa shape index (κ2) is 7.54. The van der Waals surface area contributed by atoms with E-state index in [1.165, 1.54) is 31.5 Å². The van der Waals surface area contributed by atoms with Crippen molar-refractivity contribution in [3.8, 4) is 0 Å². The van der Waals surface area contributed by atoms with Crippen molar-refractivity contribution in [2.45, 2.75) is 25.4 Å². The summed E-state index contributed by atoms with van der Waals surface area (Å²) < 4.78 is 5.04. The fourth-order valence-corrected chi connectivity index (χ4v) is 2.16. The van der Waals surface area contributed by atoms with Gasteiger partial charge in [-0.1, -0.05) is 6.08 Å². The van der Waals surface area contributed by atoms with Crippen LogP contribution in [-0.2, 0) is 6.54 Å². The molecule has 0 unspecified atom stereocenters. The summed E-state index contributed by atoms with van der Waals surface area (Å²) in [6, 6.07) is 2.66. The highest BCUT2D eigenvalue weighted by Crippen LogP contribution is 2.11. The quantitative estimate of drug-likeness (QED) is 0.821. The largest absolute Gasteiger partial charge is 0.472 e. The normalized spacial score (nSPS) is 17.6. The number of rotatable bonds is 5. The Morgan fingerprint density at radius 1 is 1.47 bits per heavy atom. The summed E-state index contributed by atoms with van der Waals surface area (Å²) in [5.41, 5.74) is 1.23. The first kappa shape index (κ1) is 14.3. The van der Waals surface area contributed by atoms with E-state index in [1.54, 1.807) is 12.5 Å². The average molecular weight is 257 g/mol. The van der Waals surface area contributed by atoms with Crippen LogP contribution in [0.3, 0.4) is 0 Å². The van der Waals surface area contributed by atoms with Crippen molar-refractivity contribution in [2.75, 3.05) is 19.6 Å². The third-order valence-electron chi connectivity index (χ3n) is 3.15. The van der Waals surface area contributed by atoms with Crippen molar-refractivity contribution < 1.29 is 4.42 Å². The number of likely N-dealkylation sites (tertiary alicyclic amines) is 1. The number of hydrogen-bond acceptors (Lipinski definition) is 3. The Balaban J connectivity index is 0.00000144.